The lowest BCUT2D eigenvalue weighted by Gasteiger charge is -2.11. The molecule has 0 saturated heterocycles. The van der Waals surface area contributed by atoms with E-state index in [1.807, 2.05) is 0 Å². The second kappa shape index (κ2) is 6.47. The van der Waals surface area contributed by atoms with Gasteiger partial charge in [-0.25, -0.2) is 0 Å². The molecule has 0 bridgehead atoms. The Morgan fingerprint density at radius 3 is 2.55 bits per heavy atom. The maximum Gasteiger partial charge on any atom is 0.147 e. The minimum atomic E-state index is 0.361. The average molecular weight is 372 g/mol. The summed E-state index contributed by atoms with van der Waals surface area (Å²) < 4.78 is 6.34. The van der Waals surface area contributed by atoms with Crippen LogP contribution >= 0.6 is 39.1 Å². The number of ether oxygens (including phenoxy) is 1. The molecule has 0 fully saturated rings. The van der Waals surface area contributed by atoms with Crippen molar-refractivity contribution in [2.45, 2.75) is 6.54 Å². The molecule has 3 nitrogen and oxygen atoms in total. The van der Waals surface area contributed by atoms with Gasteiger partial charge in [0.1, 0.15) is 17.6 Å². The minimum absolute atomic E-state index is 0.361. The third kappa shape index (κ3) is 3.25. The number of benzene rings is 2. The third-order valence-corrected chi connectivity index (χ3v) is 4.09. The van der Waals surface area contributed by atoms with E-state index in [0.29, 0.717) is 38.1 Å². The van der Waals surface area contributed by atoms with Gasteiger partial charge in [0, 0.05) is 17.1 Å². The monoisotopic (exact) mass is 370 g/mol. The van der Waals surface area contributed by atoms with E-state index in [1.165, 1.54) is 0 Å². The van der Waals surface area contributed by atoms with E-state index >= 15 is 0 Å². The van der Waals surface area contributed by atoms with Crippen LogP contribution in [0.2, 0.25) is 10.0 Å². The quantitative estimate of drug-likeness (QED) is 0.782. The van der Waals surface area contributed by atoms with Gasteiger partial charge in [-0.1, -0.05) is 29.3 Å². The number of halogens is 3. The molecular formula is C14H9BrCl2N2O. The highest BCUT2D eigenvalue weighted by molar-refractivity contribution is 9.10. The third-order valence-electron chi connectivity index (χ3n) is 2.59. The van der Waals surface area contributed by atoms with Crippen molar-refractivity contribution in [2.24, 2.45) is 5.73 Å². The smallest absolute Gasteiger partial charge is 0.147 e. The van der Waals surface area contributed by atoms with Gasteiger partial charge in [0.05, 0.1) is 15.6 Å². The van der Waals surface area contributed by atoms with Crippen LogP contribution in [0.15, 0.2) is 34.8 Å². The van der Waals surface area contributed by atoms with E-state index in [2.05, 4.69) is 22.0 Å². The van der Waals surface area contributed by atoms with Crippen LogP contribution in [0.4, 0.5) is 0 Å². The Morgan fingerprint density at radius 2 is 1.90 bits per heavy atom. The van der Waals surface area contributed by atoms with Crippen LogP contribution in [-0.2, 0) is 6.54 Å². The SMILES string of the molecule is N#Cc1cc(CN)ccc1Oc1cc(Cl)c(Br)cc1Cl. The Morgan fingerprint density at radius 1 is 1.15 bits per heavy atom. The van der Waals surface area contributed by atoms with Gasteiger partial charge in [-0.15, -0.1) is 0 Å². The minimum Gasteiger partial charge on any atom is -0.454 e. The molecule has 6 heteroatoms. The van der Waals surface area contributed by atoms with E-state index in [-0.39, 0.29) is 0 Å². The molecule has 20 heavy (non-hydrogen) atoms. The fourth-order valence-corrected chi connectivity index (χ4v) is 2.41. The first-order chi connectivity index (χ1) is 9.55. The molecule has 0 heterocycles. The van der Waals surface area contributed by atoms with E-state index in [4.69, 9.17) is 38.9 Å². The number of hydrogen-bond donors (Lipinski definition) is 1. The molecule has 0 atom stereocenters. The van der Waals surface area contributed by atoms with Crippen molar-refractivity contribution in [3.63, 3.8) is 0 Å². The van der Waals surface area contributed by atoms with Crippen molar-refractivity contribution in [2.75, 3.05) is 0 Å². The molecule has 0 aromatic heterocycles. The molecule has 0 aliphatic carbocycles. The van der Waals surface area contributed by atoms with Crippen molar-refractivity contribution in [3.05, 3.63) is 56.0 Å². The van der Waals surface area contributed by atoms with Gasteiger partial charge >= 0.3 is 0 Å². The molecule has 2 aromatic rings. The van der Waals surface area contributed by atoms with Crippen LogP contribution in [-0.4, -0.2) is 0 Å². The summed E-state index contributed by atoms with van der Waals surface area (Å²) in [4.78, 5) is 0. The van der Waals surface area contributed by atoms with E-state index < -0.39 is 0 Å². The lowest BCUT2D eigenvalue weighted by atomic mass is 10.1. The van der Waals surface area contributed by atoms with Crippen molar-refractivity contribution in [1.82, 2.24) is 0 Å². The van der Waals surface area contributed by atoms with Crippen molar-refractivity contribution in [1.29, 1.82) is 5.26 Å². The van der Waals surface area contributed by atoms with Crippen molar-refractivity contribution < 1.29 is 4.74 Å². The summed E-state index contributed by atoms with van der Waals surface area (Å²) in [5.74, 6) is 0.793. The summed E-state index contributed by atoms with van der Waals surface area (Å²) in [6, 6.07) is 10.5. The highest BCUT2D eigenvalue weighted by Gasteiger charge is 2.11. The highest BCUT2D eigenvalue weighted by atomic mass is 79.9. The van der Waals surface area contributed by atoms with Crippen LogP contribution in [0.25, 0.3) is 0 Å². The molecule has 2 rings (SSSR count). The first-order valence-corrected chi connectivity index (χ1v) is 7.15. The standard InChI is InChI=1S/C14H9BrCl2N2O/c15-10-4-12(17)14(5-11(10)16)20-13-2-1-8(6-18)3-9(13)7-19/h1-5H,6,18H2. The average Bonchev–Trinajstić information content (AvgIpc) is 2.45. The summed E-state index contributed by atoms with van der Waals surface area (Å²) in [6.07, 6.45) is 0. The van der Waals surface area contributed by atoms with Crippen LogP contribution in [0.1, 0.15) is 11.1 Å². The van der Waals surface area contributed by atoms with E-state index in [9.17, 15) is 0 Å². The fourth-order valence-electron chi connectivity index (χ4n) is 1.58. The van der Waals surface area contributed by atoms with Gasteiger partial charge in [-0.3, -0.25) is 0 Å². The zero-order valence-electron chi connectivity index (χ0n) is 10.2. The zero-order chi connectivity index (χ0) is 14.7. The molecule has 2 N–H and O–H groups in total. The van der Waals surface area contributed by atoms with E-state index in [0.717, 1.165) is 5.56 Å². The van der Waals surface area contributed by atoms with Gasteiger partial charge in [0.15, 0.2) is 0 Å². The largest absolute Gasteiger partial charge is 0.454 e. The normalized spacial score (nSPS) is 10.2. The lowest BCUT2D eigenvalue weighted by Crippen LogP contribution is -1.97. The van der Waals surface area contributed by atoms with Crippen LogP contribution < -0.4 is 10.5 Å². The summed E-state index contributed by atoms with van der Waals surface area (Å²) in [6.45, 7) is 0.361. The number of nitriles is 1. The summed E-state index contributed by atoms with van der Waals surface area (Å²) in [7, 11) is 0. The molecule has 0 saturated carbocycles. The Balaban J connectivity index is 2.40. The second-order valence-corrected chi connectivity index (χ2v) is 5.61. The molecule has 0 amide bonds. The molecule has 2 aromatic carbocycles. The van der Waals surface area contributed by atoms with Crippen LogP contribution in [0.5, 0.6) is 11.5 Å². The summed E-state index contributed by atoms with van der Waals surface area (Å²) >= 11 is 15.4. The van der Waals surface area contributed by atoms with Crippen LogP contribution in [0, 0.1) is 11.3 Å². The molecule has 102 valence electrons. The predicted octanol–water partition coefficient (Wildman–Crippen LogP) is 4.88. The van der Waals surface area contributed by atoms with Gasteiger partial charge < -0.3 is 10.5 Å². The molecule has 0 aliphatic heterocycles. The Kier molecular flexibility index (Phi) is 4.90. The number of nitrogens with zero attached hydrogens (tertiary/aromatic N) is 1. The number of rotatable bonds is 3. The maximum absolute atomic E-state index is 9.15. The van der Waals surface area contributed by atoms with Crippen molar-refractivity contribution >= 4 is 39.1 Å². The van der Waals surface area contributed by atoms with Gasteiger partial charge in [-0.2, -0.15) is 5.26 Å². The lowest BCUT2D eigenvalue weighted by molar-refractivity contribution is 0.481. The summed E-state index contributed by atoms with van der Waals surface area (Å²) in [5, 5.41) is 10.0. The first-order valence-electron chi connectivity index (χ1n) is 5.60. The number of nitrogens with two attached hydrogens (primary N) is 1. The highest BCUT2D eigenvalue weighted by Crippen LogP contribution is 2.37. The fraction of sp³-hybridized carbons (Fsp3) is 0.0714. The Labute approximate surface area is 135 Å². The topological polar surface area (TPSA) is 59.0 Å². The van der Waals surface area contributed by atoms with E-state index in [1.54, 1.807) is 30.3 Å². The van der Waals surface area contributed by atoms with Gasteiger partial charge in [-0.05, 0) is 39.7 Å². The first kappa shape index (κ1) is 15.1. The van der Waals surface area contributed by atoms with Crippen molar-refractivity contribution in [3.8, 4) is 17.6 Å². The predicted molar refractivity (Wildman–Crippen MR) is 83.3 cm³/mol. The van der Waals surface area contributed by atoms with Crippen LogP contribution in [0.3, 0.4) is 0 Å². The second-order valence-electron chi connectivity index (χ2n) is 3.95. The Hall–Kier alpha value is -1.25. The maximum atomic E-state index is 9.15. The number of hydrogen-bond acceptors (Lipinski definition) is 3. The molecule has 0 radical (unpaired) electrons. The molecule has 0 unspecified atom stereocenters. The van der Waals surface area contributed by atoms with Gasteiger partial charge in [0.2, 0.25) is 0 Å². The molecule has 0 aliphatic rings. The van der Waals surface area contributed by atoms with Gasteiger partial charge in [0.25, 0.3) is 0 Å². The summed E-state index contributed by atoms with van der Waals surface area (Å²) in [5.41, 5.74) is 6.79. The molecular weight excluding hydrogens is 363 g/mol. The molecule has 0 spiro atoms. The zero-order valence-corrected chi connectivity index (χ0v) is 13.3. The Bertz CT molecular complexity index is 698.